The zero-order valence-corrected chi connectivity index (χ0v) is 14.6. The minimum Gasteiger partial charge on any atom is -0.316 e. The van der Waals surface area contributed by atoms with E-state index in [1.54, 1.807) is 0 Å². The van der Waals surface area contributed by atoms with Crippen molar-refractivity contribution in [2.75, 3.05) is 13.1 Å². The number of rotatable bonds is 10. The van der Waals surface area contributed by atoms with Crippen LogP contribution < -0.4 is 5.32 Å². The van der Waals surface area contributed by atoms with Crippen LogP contribution in [0.3, 0.4) is 0 Å². The first-order chi connectivity index (χ1) is 9.62. The highest BCUT2D eigenvalue weighted by Gasteiger charge is 2.34. The molecule has 0 unspecified atom stereocenters. The maximum atomic E-state index is 3.73. The maximum absolute atomic E-state index is 3.73. The number of nitrogens with one attached hydrogen (secondary N) is 1. The molecule has 1 heteroatoms. The van der Waals surface area contributed by atoms with E-state index < -0.39 is 0 Å². The molecule has 0 heterocycles. The van der Waals surface area contributed by atoms with Gasteiger partial charge in [0.05, 0.1) is 0 Å². The molecule has 0 aliphatic heterocycles. The molecule has 0 aromatic carbocycles. The quantitative estimate of drug-likeness (QED) is 0.500. The Hall–Kier alpha value is -0.0400. The van der Waals surface area contributed by atoms with Crippen molar-refractivity contribution in [1.29, 1.82) is 0 Å². The SMILES string of the molecule is CCCCC1CCC(CCC(C)C)(CNCCC)CC1. The van der Waals surface area contributed by atoms with Gasteiger partial charge >= 0.3 is 0 Å². The second-order valence-corrected chi connectivity index (χ2v) is 7.69. The lowest BCUT2D eigenvalue weighted by Gasteiger charge is -2.41. The smallest absolute Gasteiger partial charge is 0.000781 e. The van der Waals surface area contributed by atoms with E-state index in [0.29, 0.717) is 5.41 Å². The summed E-state index contributed by atoms with van der Waals surface area (Å²) in [7, 11) is 0. The van der Waals surface area contributed by atoms with Gasteiger partial charge in [-0.05, 0) is 62.3 Å². The predicted octanol–water partition coefficient (Wildman–Crippen LogP) is 5.79. The number of hydrogen-bond donors (Lipinski definition) is 1. The van der Waals surface area contributed by atoms with Crippen molar-refractivity contribution in [1.82, 2.24) is 5.32 Å². The molecule has 0 aromatic rings. The first-order valence-corrected chi connectivity index (χ1v) is 9.32. The first-order valence-electron chi connectivity index (χ1n) is 9.32. The molecule has 1 N–H and O–H groups in total. The Labute approximate surface area is 128 Å². The highest BCUT2D eigenvalue weighted by atomic mass is 14.9. The molecule has 1 aliphatic carbocycles. The second kappa shape index (κ2) is 9.82. The molecule has 1 rings (SSSR count). The van der Waals surface area contributed by atoms with Gasteiger partial charge in [0.25, 0.3) is 0 Å². The van der Waals surface area contributed by atoms with Gasteiger partial charge in [-0.2, -0.15) is 0 Å². The van der Waals surface area contributed by atoms with Crippen LogP contribution in [0.15, 0.2) is 0 Å². The van der Waals surface area contributed by atoms with Crippen molar-refractivity contribution >= 4 is 0 Å². The van der Waals surface area contributed by atoms with Crippen LogP contribution in [0.4, 0.5) is 0 Å². The van der Waals surface area contributed by atoms with Crippen molar-refractivity contribution in [2.45, 2.75) is 91.9 Å². The lowest BCUT2D eigenvalue weighted by atomic mass is 9.66. The summed E-state index contributed by atoms with van der Waals surface area (Å²) >= 11 is 0. The van der Waals surface area contributed by atoms with E-state index in [4.69, 9.17) is 0 Å². The maximum Gasteiger partial charge on any atom is 0.000781 e. The number of hydrogen-bond acceptors (Lipinski definition) is 1. The zero-order chi connectivity index (χ0) is 14.8. The van der Waals surface area contributed by atoms with E-state index in [-0.39, 0.29) is 0 Å². The Morgan fingerprint density at radius 3 is 2.35 bits per heavy atom. The highest BCUT2D eigenvalue weighted by Crippen LogP contribution is 2.44. The third-order valence-corrected chi connectivity index (χ3v) is 5.31. The summed E-state index contributed by atoms with van der Waals surface area (Å²) in [5.74, 6) is 1.89. The first kappa shape index (κ1) is 18.0. The van der Waals surface area contributed by atoms with E-state index in [1.807, 2.05) is 0 Å². The lowest BCUT2D eigenvalue weighted by Crippen LogP contribution is -2.38. The summed E-state index contributed by atoms with van der Waals surface area (Å²) in [6.07, 6.45) is 14.4. The molecule has 0 amide bonds. The van der Waals surface area contributed by atoms with Crippen molar-refractivity contribution in [2.24, 2.45) is 17.3 Å². The minimum absolute atomic E-state index is 0.627. The average Bonchev–Trinajstić information content (AvgIpc) is 2.45. The fraction of sp³-hybridized carbons (Fsp3) is 1.00. The van der Waals surface area contributed by atoms with E-state index in [1.165, 1.54) is 77.3 Å². The van der Waals surface area contributed by atoms with Crippen molar-refractivity contribution in [3.05, 3.63) is 0 Å². The van der Waals surface area contributed by atoms with Crippen LogP contribution in [0.2, 0.25) is 0 Å². The van der Waals surface area contributed by atoms with Crippen LogP contribution in [0.25, 0.3) is 0 Å². The number of unbranched alkanes of at least 4 members (excludes halogenated alkanes) is 1. The summed E-state index contributed by atoms with van der Waals surface area (Å²) in [5.41, 5.74) is 0.627. The molecule has 0 atom stereocenters. The van der Waals surface area contributed by atoms with E-state index in [9.17, 15) is 0 Å². The third-order valence-electron chi connectivity index (χ3n) is 5.31. The standard InChI is InChI=1S/C19H39N/c1-5-7-8-18-10-13-19(14-11-18,12-9-17(3)4)16-20-15-6-2/h17-18,20H,5-16H2,1-4H3. The van der Waals surface area contributed by atoms with Gasteiger partial charge in [0, 0.05) is 6.54 Å². The Balaban J connectivity index is 2.43. The lowest BCUT2D eigenvalue weighted by molar-refractivity contribution is 0.120. The van der Waals surface area contributed by atoms with Gasteiger partial charge in [0.2, 0.25) is 0 Å². The zero-order valence-electron chi connectivity index (χ0n) is 14.6. The van der Waals surface area contributed by atoms with Gasteiger partial charge in [-0.15, -0.1) is 0 Å². The fourth-order valence-corrected chi connectivity index (χ4v) is 3.71. The summed E-state index contributed by atoms with van der Waals surface area (Å²) in [6, 6.07) is 0. The Bertz CT molecular complexity index is 226. The monoisotopic (exact) mass is 281 g/mol. The van der Waals surface area contributed by atoms with Gasteiger partial charge in [0.1, 0.15) is 0 Å². The highest BCUT2D eigenvalue weighted by molar-refractivity contribution is 4.87. The molecule has 1 saturated carbocycles. The minimum atomic E-state index is 0.627. The summed E-state index contributed by atoms with van der Waals surface area (Å²) in [4.78, 5) is 0. The van der Waals surface area contributed by atoms with Crippen molar-refractivity contribution < 1.29 is 0 Å². The average molecular weight is 282 g/mol. The van der Waals surface area contributed by atoms with Crippen LogP contribution in [0.1, 0.15) is 91.9 Å². The molecule has 0 aromatic heterocycles. The summed E-state index contributed by atoms with van der Waals surface area (Å²) < 4.78 is 0. The molecule has 1 nitrogen and oxygen atoms in total. The van der Waals surface area contributed by atoms with Crippen LogP contribution in [0, 0.1) is 17.3 Å². The van der Waals surface area contributed by atoms with Crippen molar-refractivity contribution in [3.63, 3.8) is 0 Å². The van der Waals surface area contributed by atoms with Gasteiger partial charge < -0.3 is 5.32 Å². The molecule has 0 bridgehead atoms. The Morgan fingerprint density at radius 2 is 1.80 bits per heavy atom. The molecular weight excluding hydrogens is 242 g/mol. The Morgan fingerprint density at radius 1 is 1.10 bits per heavy atom. The topological polar surface area (TPSA) is 12.0 Å². The predicted molar refractivity (Wildman–Crippen MR) is 91.1 cm³/mol. The van der Waals surface area contributed by atoms with E-state index in [2.05, 4.69) is 33.0 Å². The molecule has 0 saturated heterocycles. The molecule has 1 fully saturated rings. The molecule has 0 spiro atoms. The fourth-order valence-electron chi connectivity index (χ4n) is 3.71. The molecule has 1 aliphatic rings. The largest absolute Gasteiger partial charge is 0.316 e. The van der Waals surface area contributed by atoms with Gasteiger partial charge in [-0.1, -0.05) is 53.4 Å². The van der Waals surface area contributed by atoms with Gasteiger partial charge in [-0.25, -0.2) is 0 Å². The van der Waals surface area contributed by atoms with Gasteiger partial charge in [-0.3, -0.25) is 0 Å². The van der Waals surface area contributed by atoms with Gasteiger partial charge in [0.15, 0.2) is 0 Å². The molecular formula is C19H39N. The second-order valence-electron chi connectivity index (χ2n) is 7.69. The van der Waals surface area contributed by atoms with E-state index >= 15 is 0 Å². The van der Waals surface area contributed by atoms with Crippen LogP contribution >= 0.6 is 0 Å². The van der Waals surface area contributed by atoms with Crippen LogP contribution in [0.5, 0.6) is 0 Å². The molecule has 0 radical (unpaired) electrons. The Kier molecular flexibility index (Phi) is 8.84. The molecule has 20 heavy (non-hydrogen) atoms. The summed E-state index contributed by atoms with van der Waals surface area (Å²) in [6.45, 7) is 11.8. The normalized spacial score (nSPS) is 27.1. The van der Waals surface area contributed by atoms with Crippen LogP contribution in [-0.2, 0) is 0 Å². The summed E-state index contributed by atoms with van der Waals surface area (Å²) in [5, 5.41) is 3.73. The van der Waals surface area contributed by atoms with E-state index in [0.717, 1.165) is 11.8 Å². The van der Waals surface area contributed by atoms with Crippen LogP contribution in [-0.4, -0.2) is 13.1 Å². The third kappa shape index (κ3) is 6.61. The van der Waals surface area contributed by atoms with Crippen molar-refractivity contribution in [3.8, 4) is 0 Å². The molecule has 120 valence electrons.